The van der Waals surface area contributed by atoms with Crippen LogP contribution >= 0.6 is 12.4 Å². The molecule has 4 N–H and O–H groups in total. The molecule has 2 rings (SSSR count). The minimum Gasteiger partial charge on any atom is -0.324 e. The molecule has 0 aliphatic heterocycles. The Morgan fingerprint density at radius 2 is 1.67 bits per heavy atom. The normalized spacial score (nSPS) is 16.8. The lowest BCUT2D eigenvalue weighted by molar-refractivity contribution is -0.122. The fourth-order valence-electron chi connectivity index (χ4n) is 2.79. The van der Waals surface area contributed by atoms with Gasteiger partial charge >= 0.3 is 0 Å². The largest absolute Gasteiger partial charge is 0.324 e. The van der Waals surface area contributed by atoms with E-state index in [1.165, 1.54) is 0 Å². The van der Waals surface area contributed by atoms with Gasteiger partial charge in [0, 0.05) is 11.4 Å². The summed E-state index contributed by atoms with van der Waals surface area (Å²) in [6.45, 7) is 1.81. The van der Waals surface area contributed by atoms with Gasteiger partial charge in [0.2, 0.25) is 15.9 Å². The smallest absolute Gasteiger partial charge is 0.244 e. The quantitative estimate of drug-likeness (QED) is 0.711. The average molecular weight is 376 g/mol. The molecule has 0 heterocycles. The zero-order chi connectivity index (χ0) is 16.9. The predicted octanol–water partition coefficient (Wildman–Crippen LogP) is 2.86. The molecule has 24 heavy (non-hydrogen) atoms. The number of amides is 1. The van der Waals surface area contributed by atoms with Crippen LogP contribution in [0.3, 0.4) is 0 Å². The highest BCUT2D eigenvalue weighted by atomic mass is 35.5. The number of nitrogens with two attached hydrogens (primary N) is 1. The van der Waals surface area contributed by atoms with Crippen LogP contribution in [0.5, 0.6) is 0 Å². The summed E-state index contributed by atoms with van der Waals surface area (Å²) in [6.07, 6.45) is 5.03. The number of carbonyl (C=O) groups is 1. The SMILES string of the molecule is CCCS(=O)(=O)Nc1ccc(NC(=O)C2(N)CCCCC2)cc1.Cl. The highest BCUT2D eigenvalue weighted by Gasteiger charge is 2.35. The summed E-state index contributed by atoms with van der Waals surface area (Å²) < 4.78 is 25.9. The van der Waals surface area contributed by atoms with Crippen molar-refractivity contribution >= 4 is 39.7 Å². The first-order valence-corrected chi connectivity index (χ1v) is 9.71. The van der Waals surface area contributed by atoms with Gasteiger partial charge in [0.05, 0.1) is 11.3 Å². The summed E-state index contributed by atoms with van der Waals surface area (Å²) in [7, 11) is -3.30. The van der Waals surface area contributed by atoms with Gasteiger partial charge in [-0.15, -0.1) is 12.4 Å². The minimum absolute atomic E-state index is 0. The molecule has 136 valence electrons. The van der Waals surface area contributed by atoms with E-state index in [0.717, 1.165) is 19.3 Å². The van der Waals surface area contributed by atoms with Crippen LogP contribution in [0.1, 0.15) is 45.4 Å². The van der Waals surface area contributed by atoms with Crippen molar-refractivity contribution in [1.82, 2.24) is 0 Å². The summed E-state index contributed by atoms with van der Waals surface area (Å²) in [5, 5.41) is 2.83. The van der Waals surface area contributed by atoms with Gasteiger partial charge in [-0.1, -0.05) is 26.2 Å². The molecule has 6 nitrogen and oxygen atoms in total. The van der Waals surface area contributed by atoms with Crippen LogP contribution in [0.15, 0.2) is 24.3 Å². The van der Waals surface area contributed by atoms with Crippen molar-refractivity contribution in [3.8, 4) is 0 Å². The maximum absolute atomic E-state index is 12.3. The lowest BCUT2D eigenvalue weighted by atomic mass is 9.82. The van der Waals surface area contributed by atoms with E-state index < -0.39 is 15.6 Å². The van der Waals surface area contributed by atoms with Crippen LogP contribution < -0.4 is 15.8 Å². The molecular weight excluding hydrogens is 350 g/mol. The molecule has 1 aromatic rings. The van der Waals surface area contributed by atoms with Crippen molar-refractivity contribution in [2.45, 2.75) is 51.0 Å². The third-order valence-electron chi connectivity index (χ3n) is 4.09. The van der Waals surface area contributed by atoms with Crippen molar-refractivity contribution in [3.63, 3.8) is 0 Å². The van der Waals surface area contributed by atoms with E-state index in [1.54, 1.807) is 24.3 Å². The summed E-state index contributed by atoms with van der Waals surface area (Å²) in [5.74, 6) is -0.0854. The molecule has 1 amide bonds. The Kier molecular flexibility index (Phi) is 7.51. The Morgan fingerprint density at radius 3 is 2.21 bits per heavy atom. The van der Waals surface area contributed by atoms with Gasteiger partial charge < -0.3 is 11.1 Å². The number of hydrogen-bond acceptors (Lipinski definition) is 4. The van der Waals surface area contributed by atoms with E-state index in [0.29, 0.717) is 30.6 Å². The van der Waals surface area contributed by atoms with Crippen molar-refractivity contribution in [1.29, 1.82) is 0 Å². The maximum atomic E-state index is 12.3. The second-order valence-corrected chi connectivity index (χ2v) is 8.01. The van der Waals surface area contributed by atoms with Crippen LogP contribution in [0.25, 0.3) is 0 Å². The van der Waals surface area contributed by atoms with Crippen LogP contribution in [-0.2, 0) is 14.8 Å². The van der Waals surface area contributed by atoms with Gasteiger partial charge in [-0.3, -0.25) is 9.52 Å². The summed E-state index contributed by atoms with van der Waals surface area (Å²) in [6, 6.07) is 6.61. The van der Waals surface area contributed by atoms with Crippen molar-refractivity contribution < 1.29 is 13.2 Å². The van der Waals surface area contributed by atoms with E-state index in [9.17, 15) is 13.2 Å². The van der Waals surface area contributed by atoms with Crippen molar-refractivity contribution in [3.05, 3.63) is 24.3 Å². The monoisotopic (exact) mass is 375 g/mol. The molecule has 0 bridgehead atoms. The molecule has 1 saturated carbocycles. The molecule has 1 fully saturated rings. The molecule has 1 aliphatic carbocycles. The van der Waals surface area contributed by atoms with Crippen LogP contribution in [0.4, 0.5) is 11.4 Å². The summed E-state index contributed by atoms with van der Waals surface area (Å²) in [4.78, 5) is 12.3. The zero-order valence-corrected chi connectivity index (χ0v) is 15.5. The van der Waals surface area contributed by atoms with Crippen LogP contribution in [-0.4, -0.2) is 25.6 Å². The van der Waals surface area contributed by atoms with Gasteiger partial charge in [0.1, 0.15) is 0 Å². The van der Waals surface area contributed by atoms with Crippen LogP contribution in [0, 0.1) is 0 Å². The summed E-state index contributed by atoms with van der Waals surface area (Å²) in [5.41, 5.74) is 6.50. The summed E-state index contributed by atoms with van der Waals surface area (Å²) >= 11 is 0. The highest BCUT2D eigenvalue weighted by Crippen LogP contribution is 2.27. The number of carbonyl (C=O) groups excluding carboxylic acids is 1. The first kappa shape index (κ1) is 20.7. The molecule has 0 unspecified atom stereocenters. The highest BCUT2D eigenvalue weighted by molar-refractivity contribution is 7.92. The number of nitrogens with one attached hydrogen (secondary N) is 2. The Labute approximate surface area is 150 Å². The Balaban J connectivity index is 0.00000288. The molecule has 0 saturated heterocycles. The first-order chi connectivity index (χ1) is 10.8. The molecule has 0 atom stereocenters. The second kappa shape index (κ2) is 8.69. The van der Waals surface area contributed by atoms with E-state index in [2.05, 4.69) is 10.0 Å². The average Bonchev–Trinajstić information content (AvgIpc) is 2.49. The van der Waals surface area contributed by atoms with Gasteiger partial charge in [-0.2, -0.15) is 0 Å². The van der Waals surface area contributed by atoms with E-state index in [1.807, 2.05) is 6.92 Å². The van der Waals surface area contributed by atoms with Gasteiger partial charge in [0.25, 0.3) is 0 Å². The Morgan fingerprint density at radius 1 is 1.12 bits per heavy atom. The first-order valence-electron chi connectivity index (χ1n) is 8.05. The van der Waals surface area contributed by atoms with Gasteiger partial charge in [0.15, 0.2) is 0 Å². The zero-order valence-electron chi connectivity index (χ0n) is 13.9. The molecule has 0 spiro atoms. The molecular formula is C16H26ClN3O3S. The molecule has 8 heteroatoms. The third-order valence-corrected chi connectivity index (χ3v) is 5.58. The maximum Gasteiger partial charge on any atom is 0.244 e. The molecule has 0 radical (unpaired) electrons. The Hall–Kier alpha value is -1.31. The third kappa shape index (κ3) is 5.65. The predicted molar refractivity (Wildman–Crippen MR) is 100 cm³/mol. The number of rotatable bonds is 6. The number of benzene rings is 1. The number of anilines is 2. The van der Waals surface area contributed by atoms with Crippen LogP contribution in [0.2, 0.25) is 0 Å². The fourth-order valence-corrected chi connectivity index (χ4v) is 3.92. The standard InChI is InChI=1S/C16H25N3O3S.ClH/c1-2-12-23(21,22)19-14-8-6-13(7-9-14)18-15(20)16(17)10-4-3-5-11-16;/h6-9,19H,2-5,10-12,17H2,1H3,(H,18,20);1H. The Bertz CT molecular complexity index is 641. The molecule has 1 aromatic carbocycles. The lowest BCUT2D eigenvalue weighted by Gasteiger charge is -2.31. The van der Waals surface area contributed by atoms with E-state index >= 15 is 0 Å². The molecule has 0 aromatic heterocycles. The number of halogens is 1. The molecule has 1 aliphatic rings. The topological polar surface area (TPSA) is 101 Å². The second-order valence-electron chi connectivity index (χ2n) is 6.17. The number of sulfonamides is 1. The van der Waals surface area contributed by atoms with Crippen molar-refractivity contribution in [2.75, 3.05) is 15.8 Å². The van der Waals surface area contributed by atoms with Crippen molar-refractivity contribution in [2.24, 2.45) is 5.73 Å². The number of hydrogen-bond donors (Lipinski definition) is 3. The fraction of sp³-hybridized carbons (Fsp3) is 0.562. The van der Waals surface area contributed by atoms with Gasteiger partial charge in [-0.05, 0) is 43.5 Å². The minimum atomic E-state index is -3.30. The van der Waals surface area contributed by atoms with E-state index in [4.69, 9.17) is 5.73 Å². The van der Waals surface area contributed by atoms with E-state index in [-0.39, 0.29) is 24.1 Å². The van der Waals surface area contributed by atoms with Gasteiger partial charge in [-0.25, -0.2) is 8.42 Å². The lowest BCUT2D eigenvalue weighted by Crippen LogP contribution is -2.52.